The number of carbonyl (C=O) groups is 1. The van der Waals surface area contributed by atoms with Crippen molar-refractivity contribution in [3.8, 4) is 0 Å². The van der Waals surface area contributed by atoms with E-state index in [2.05, 4.69) is 15.5 Å². The molecule has 2 amide bonds. The van der Waals surface area contributed by atoms with Gasteiger partial charge in [0.1, 0.15) is 11.7 Å². The van der Waals surface area contributed by atoms with Gasteiger partial charge < -0.3 is 16.4 Å². The highest BCUT2D eigenvalue weighted by atomic mass is 19.1. The minimum absolute atomic E-state index is 0.0850. The van der Waals surface area contributed by atoms with E-state index in [-0.39, 0.29) is 23.7 Å². The van der Waals surface area contributed by atoms with Crippen LogP contribution >= 0.6 is 0 Å². The molecule has 21 heavy (non-hydrogen) atoms. The van der Waals surface area contributed by atoms with E-state index in [0.29, 0.717) is 12.2 Å². The molecule has 1 fully saturated rings. The van der Waals surface area contributed by atoms with Crippen LogP contribution in [0.1, 0.15) is 12.8 Å². The SMILES string of the molecule is N=C(N)CN1CCC(NC(=O)Nc2cccc(F)c2)CC1. The van der Waals surface area contributed by atoms with Crippen LogP contribution in [0.2, 0.25) is 0 Å². The number of anilines is 1. The largest absolute Gasteiger partial charge is 0.387 e. The van der Waals surface area contributed by atoms with E-state index in [4.69, 9.17) is 11.1 Å². The van der Waals surface area contributed by atoms with Crippen LogP contribution in [-0.2, 0) is 0 Å². The summed E-state index contributed by atoms with van der Waals surface area (Å²) in [7, 11) is 0. The quantitative estimate of drug-likeness (QED) is 0.498. The van der Waals surface area contributed by atoms with Gasteiger partial charge >= 0.3 is 6.03 Å². The van der Waals surface area contributed by atoms with Gasteiger partial charge in [-0.25, -0.2) is 9.18 Å². The Morgan fingerprint density at radius 2 is 2.14 bits per heavy atom. The Morgan fingerprint density at radius 3 is 2.76 bits per heavy atom. The predicted molar refractivity (Wildman–Crippen MR) is 79.9 cm³/mol. The molecule has 1 saturated heterocycles. The summed E-state index contributed by atoms with van der Waals surface area (Å²) in [5.74, 6) is -0.226. The van der Waals surface area contributed by atoms with Crippen LogP contribution in [0.25, 0.3) is 0 Å². The van der Waals surface area contributed by atoms with Crippen molar-refractivity contribution in [3.05, 3.63) is 30.1 Å². The maximum atomic E-state index is 13.0. The van der Waals surface area contributed by atoms with Gasteiger partial charge in [0.05, 0.1) is 6.54 Å². The van der Waals surface area contributed by atoms with Crippen LogP contribution in [0.4, 0.5) is 14.9 Å². The second-order valence-electron chi connectivity index (χ2n) is 5.18. The highest BCUT2D eigenvalue weighted by Gasteiger charge is 2.20. The molecule has 1 aliphatic heterocycles. The summed E-state index contributed by atoms with van der Waals surface area (Å²) >= 11 is 0. The van der Waals surface area contributed by atoms with Gasteiger partial charge in [-0.3, -0.25) is 10.3 Å². The van der Waals surface area contributed by atoms with Crippen molar-refractivity contribution in [1.29, 1.82) is 5.41 Å². The van der Waals surface area contributed by atoms with Gasteiger partial charge in [-0.15, -0.1) is 0 Å². The fourth-order valence-electron chi connectivity index (χ4n) is 2.40. The summed E-state index contributed by atoms with van der Waals surface area (Å²) in [5, 5.41) is 12.8. The van der Waals surface area contributed by atoms with E-state index >= 15 is 0 Å². The Hall–Kier alpha value is -2.15. The third-order valence-corrected chi connectivity index (χ3v) is 3.40. The molecule has 114 valence electrons. The van der Waals surface area contributed by atoms with Crippen LogP contribution in [0, 0.1) is 11.2 Å². The summed E-state index contributed by atoms with van der Waals surface area (Å²) < 4.78 is 13.0. The number of hydrogen-bond donors (Lipinski definition) is 4. The lowest BCUT2D eigenvalue weighted by Crippen LogP contribution is -2.47. The maximum Gasteiger partial charge on any atom is 0.319 e. The number of piperidine rings is 1. The normalized spacial score (nSPS) is 16.4. The number of halogens is 1. The number of nitrogens with zero attached hydrogens (tertiary/aromatic N) is 1. The van der Waals surface area contributed by atoms with Crippen LogP contribution in [-0.4, -0.2) is 42.4 Å². The molecule has 7 heteroatoms. The van der Waals surface area contributed by atoms with Gasteiger partial charge in [0.25, 0.3) is 0 Å². The predicted octanol–water partition coefficient (Wildman–Crippen LogP) is 1.35. The molecule has 1 aliphatic rings. The molecule has 0 saturated carbocycles. The molecule has 0 aromatic heterocycles. The van der Waals surface area contributed by atoms with Crippen molar-refractivity contribution in [2.75, 3.05) is 25.0 Å². The van der Waals surface area contributed by atoms with Crippen molar-refractivity contribution < 1.29 is 9.18 Å². The summed E-state index contributed by atoms with van der Waals surface area (Å²) in [4.78, 5) is 13.9. The molecular formula is C14H20FN5O. The number of carbonyl (C=O) groups excluding carboxylic acids is 1. The molecule has 0 bridgehead atoms. The summed E-state index contributed by atoms with van der Waals surface area (Å²) in [5.41, 5.74) is 5.80. The third kappa shape index (κ3) is 5.03. The van der Waals surface area contributed by atoms with Crippen molar-refractivity contribution >= 4 is 17.6 Å². The van der Waals surface area contributed by atoms with Crippen molar-refractivity contribution in [2.45, 2.75) is 18.9 Å². The Bertz CT molecular complexity index is 514. The maximum absolute atomic E-state index is 13.0. The molecule has 0 atom stereocenters. The molecule has 5 N–H and O–H groups in total. The van der Waals surface area contributed by atoms with E-state index in [9.17, 15) is 9.18 Å². The smallest absolute Gasteiger partial charge is 0.319 e. The zero-order chi connectivity index (χ0) is 15.2. The zero-order valence-corrected chi connectivity index (χ0v) is 11.7. The number of rotatable bonds is 4. The monoisotopic (exact) mass is 293 g/mol. The van der Waals surface area contributed by atoms with Gasteiger partial charge in [-0.1, -0.05) is 6.07 Å². The van der Waals surface area contributed by atoms with Gasteiger partial charge in [0.2, 0.25) is 0 Å². The molecule has 6 nitrogen and oxygen atoms in total. The fourth-order valence-corrected chi connectivity index (χ4v) is 2.40. The Morgan fingerprint density at radius 1 is 1.43 bits per heavy atom. The standard InChI is InChI=1S/C14H20FN5O/c15-10-2-1-3-12(8-10)19-14(21)18-11-4-6-20(7-5-11)9-13(16)17/h1-3,8,11H,4-7,9H2,(H3,16,17)(H2,18,19,21). The average molecular weight is 293 g/mol. The lowest BCUT2D eigenvalue weighted by atomic mass is 10.1. The number of amides is 2. The molecule has 1 aromatic rings. The number of likely N-dealkylation sites (tertiary alicyclic amines) is 1. The number of amidine groups is 1. The molecule has 0 unspecified atom stereocenters. The van der Waals surface area contributed by atoms with E-state index < -0.39 is 0 Å². The van der Waals surface area contributed by atoms with Crippen molar-refractivity contribution in [3.63, 3.8) is 0 Å². The van der Waals surface area contributed by atoms with Gasteiger partial charge in [0.15, 0.2) is 0 Å². The molecule has 0 spiro atoms. The number of nitrogens with two attached hydrogens (primary N) is 1. The zero-order valence-electron chi connectivity index (χ0n) is 11.7. The van der Waals surface area contributed by atoms with Crippen LogP contribution in [0.15, 0.2) is 24.3 Å². The minimum atomic E-state index is -0.384. The van der Waals surface area contributed by atoms with Crippen LogP contribution < -0.4 is 16.4 Å². The molecule has 1 heterocycles. The van der Waals surface area contributed by atoms with Gasteiger partial charge in [-0.05, 0) is 31.0 Å². The highest BCUT2D eigenvalue weighted by Crippen LogP contribution is 2.11. The third-order valence-electron chi connectivity index (χ3n) is 3.40. The first-order valence-electron chi connectivity index (χ1n) is 6.91. The molecular weight excluding hydrogens is 273 g/mol. The summed E-state index contributed by atoms with van der Waals surface area (Å²) in [6.45, 7) is 2.07. The van der Waals surface area contributed by atoms with E-state index in [1.807, 2.05) is 0 Å². The highest BCUT2D eigenvalue weighted by molar-refractivity contribution is 5.89. The minimum Gasteiger partial charge on any atom is -0.387 e. The number of urea groups is 1. The molecule has 2 rings (SSSR count). The average Bonchev–Trinajstić information content (AvgIpc) is 2.40. The first-order chi connectivity index (χ1) is 10.0. The number of nitrogens with one attached hydrogen (secondary N) is 3. The molecule has 0 radical (unpaired) electrons. The molecule has 1 aromatic carbocycles. The van der Waals surface area contributed by atoms with Crippen LogP contribution in [0.5, 0.6) is 0 Å². The number of benzene rings is 1. The van der Waals surface area contributed by atoms with Gasteiger partial charge in [0, 0.05) is 24.8 Å². The first-order valence-corrected chi connectivity index (χ1v) is 6.91. The Balaban J connectivity index is 1.75. The van der Waals surface area contributed by atoms with Crippen molar-refractivity contribution in [2.24, 2.45) is 5.73 Å². The number of hydrogen-bond acceptors (Lipinski definition) is 3. The Kier molecular flexibility index (Phi) is 5.10. The lowest BCUT2D eigenvalue weighted by Gasteiger charge is -2.31. The van der Waals surface area contributed by atoms with E-state index in [0.717, 1.165) is 25.9 Å². The summed E-state index contributed by atoms with van der Waals surface area (Å²) in [6.07, 6.45) is 1.62. The van der Waals surface area contributed by atoms with Crippen LogP contribution in [0.3, 0.4) is 0 Å². The topological polar surface area (TPSA) is 94.2 Å². The van der Waals surface area contributed by atoms with E-state index in [1.54, 1.807) is 12.1 Å². The first kappa shape index (κ1) is 15.2. The van der Waals surface area contributed by atoms with Crippen molar-refractivity contribution in [1.82, 2.24) is 10.2 Å². The lowest BCUT2D eigenvalue weighted by molar-refractivity contribution is 0.212. The van der Waals surface area contributed by atoms with E-state index in [1.165, 1.54) is 12.1 Å². The second kappa shape index (κ2) is 7.03. The summed E-state index contributed by atoms with van der Waals surface area (Å²) in [6, 6.07) is 5.54. The second-order valence-corrected chi connectivity index (χ2v) is 5.18. The van der Waals surface area contributed by atoms with Gasteiger partial charge in [-0.2, -0.15) is 0 Å². The molecule has 0 aliphatic carbocycles. The fraction of sp³-hybridized carbons (Fsp3) is 0.429. The Labute approximate surface area is 123 Å².